The van der Waals surface area contributed by atoms with Crippen LogP contribution in [0.25, 0.3) is 0 Å². The standard InChI is InChI=1S/C16H18O/c1-13-3-2-4-16(11-13)12-15-7-5-14(6-8-15)9-10-17/h2-8,11,17H,9-10,12H2,1H3. The van der Waals surface area contributed by atoms with Gasteiger partial charge in [0.2, 0.25) is 0 Å². The fourth-order valence-electron chi connectivity index (χ4n) is 2.01. The summed E-state index contributed by atoms with van der Waals surface area (Å²) in [7, 11) is 0. The topological polar surface area (TPSA) is 20.2 Å². The first-order chi connectivity index (χ1) is 8.28. The van der Waals surface area contributed by atoms with Crippen molar-refractivity contribution in [3.63, 3.8) is 0 Å². The minimum atomic E-state index is 0.219. The number of benzene rings is 2. The molecule has 88 valence electrons. The van der Waals surface area contributed by atoms with Crippen LogP contribution < -0.4 is 0 Å². The minimum Gasteiger partial charge on any atom is -0.396 e. The van der Waals surface area contributed by atoms with Crippen LogP contribution in [-0.4, -0.2) is 11.7 Å². The third kappa shape index (κ3) is 3.43. The monoisotopic (exact) mass is 226 g/mol. The predicted molar refractivity (Wildman–Crippen MR) is 71.2 cm³/mol. The first-order valence-electron chi connectivity index (χ1n) is 6.02. The fraction of sp³-hybridized carbons (Fsp3) is 0.250. The lowest BCUT2D eigenvalue weighted by Gasteiger charge is -2.04. The Bertz CT molecular complexity index is 471. The van der Waals surface area contributed by atoms with Crippen LogP contribution >= 0.6 is 0 Å². The normalized spacial score (nSPS) is 10.5. The van der Waals surface area contributed by atoms with Gasteiger partial charge in [-0.3, -0.25) is 0 Å². The Morgan fingerprint density at radius 3 is 2.24 bits per heavy atom. The van der Waals surface area contributed by atoms with Crippen molar-refractivity contribution in [3.8, 4) is 0 Å². The molecule has 0 unspecified atom stereocenters. The smallest absolute Gasteiger partial charge is 0.0471 e. The van der Waals surface area contributed by atoms with Crippen LogP contribution in [0.2, 0.25) is 0 Å². The number of aryl methyl sites for hydroxylation is 1. The summed E-state index contributed by atoms with van der Waals surface area (Å²) in [6, 6.07) is 17.1. The van der Waals surface area contributed by atoms with E-state index < -0.39 is 0 Å². The largest absolute Gasteiger partial charge is 0.396 e. The van der Waals surface area contributed by atoms with Crippen molar-refractivity contribution in [3.05, 3.63) is 70.8 Å². The van der Waals surface area contributed by atoms with Crippen LogP contribution in [0, 0.1) is 6.92 Å². The van der Waals surface area contributed by atoms with Gasteiger partial charge in [0.25, 0.3) is 0 Å². The lowest BCUT2D eigenvalue weighted by molar-refractivity contribution is 0.299. The molecule has 0 saturated carbocycles. The lowest BCUT2D eigenvalue weighted by atomic mass is 10.0. The van der Waals surface area contributed by atoms with E-state index in [1.807, 2.05) is 0 Å². The zero-order valence-corrected chi connectivity index (χ0v) is 10.2. The molecule has 2 aromatic carbocycles. The minimum absolute atomic E-state index is 0.219. The molecule has 17 heavy (non-hydrogen) atoms. The molecule has 2 aromatic rings. The van der Waals surface area contributed by atoms with Gasteiger partial charge in [0.1, 0.15) is 0 Å². The molecule has 0 atom stereocenters. The molecule has 0 saturated heterocycles. The van der Waals surface area contributed by atoms with Crippen molar-refractivity contribution >= 4 is 0 Å². The van der Waals surface area contributed by atoms with Gasteiger partial charge in [-0.05, 0) is 36.5 Å². The van der Waals surface area contributed by atoms with E-state index in [-0.39, 0.29) is 6.61 Å². The molecule has 0 fully saturated rings. The molecule has 0 bridgehead atoms. The Kier molecular flexibility index (Phi) is 3.94. The van der Waals surface area contributed by atoms with Crippen LogP contribution in [0.5, 0.6) is 0 Å². The van der Waals surface area contributed by atoms with Gasteiger partial charge in [-0.25, -0.2) is 0 Å². The second-order valence-electron chi connectivity index (χ2n) is 4.46. The number of aliphatic hydroxyl groups is 1. The van der Waals surface area contributed by atoms with Crippen LogP contribution in [0.3, 0.4) is 0 Å². The van der Waals surface area contributed by atoms with Crippen molar-refractivity contribution in [2.24, 2.45) is 0 Å². The van der Waals surface area contributed by atoms with E-state index in [1.54, 1.807) is 0 Å². The Balaban J connectivity index is 2.08. The quantitative estimate of drug-likeness (QED) is 0.849. The van der Waals surface area contributed by atoms with Gasteiger partial charge in [-0.1, -0.05) is 54.1 Å². The van der Waals surface area contributed by atoms with Crippen molar-refractivity contribution < 1.29 is 5.11 Å². The average Bonchev–Trinajstić information content (AvgIpc) is 2.32. The predicted octanol–water partition coefficient (Wildman–Crippen LogP) is 3.12. The summed E-state index contributed by atoms with van der Waals surface area (Å²) in [6.07, 6.45) is 1.71. The molecular weight excluding hydrogens is 208 g/mol. The molecule has 0 spiro atoms. The zero-order valence-electron chi connectivity index (χ0n) is 10.2. The Labute approximate surface area is 103 Å². The first-order valence-corrected chi connectivity index (χ1v) is 6.02. The maximum atomic E-state index is 8.85. The summed E-state index contributed by atoms with van der Waals surface area (Å²) in [5.41, 5.74) is 5.16. The molecule has 0 amide bonds. The van der Waals surface area contributed by atoms with Crippen molar-refractivity contribution in [1.82, 2.24) is 0 Å². The molecule has 0 radical (unpaired) electrons. The van der Waals surface area contributed by atoms with Crippen molar-refractivity contribution in [2.45, 2.75) is 19.8 Å². The third-order valence-electron chi connectivity index (χ3n) is 2.91. The first kappa shape index (κ1) is 11.9. The Morgan fingerprint density at radius 2 is 1.59 bits per heavy atom. The average molecular weight is 226 g/mol. The van der Waals surface area contributed by atoms with Gasteiger partial charge in [0, 0.05) is 6.61 Å². The van der Waals surface area contributed by atoms with Crippen LogP contribution in [0.4, 0.5) is 0 Å². The molecule has 1 N–H and O–H groups in total. The third-order valence-corrected chi connectivity index (χ3v) is 2.91. The summed E-state index contributed by atoms with van der Waals surface area (Å²) in [4.78, 5) is 0. The van der Waals surface area contributed by atoms with Gasteiger partial charge >= 0.3 is 0 Å². The second kappa shape index (κ2) is 5.65. The summed E-state index contributed by atoms with van der Waals surface area (Å²) in [5.74, 6) is 0. The number of aliphatic hydroxyl groups excluding tert-OH is 1. The Hall–Kier alpha value is -1.60. The molecule has 1 nitrogen and oxygen atoms in total. The Morgan fingerprint density at radius 1 is 0.882 bits per heavy atom. The van der Waals surface area contributed by atoms with Gasteiger partial charge in [-0.15, -0.1) is 0 Å². The van der Waals surface area contributed by atoms with Crippen molar-refractivity contribution in [1.29, 1.82) is 0 Å². The zero-order chi connectivity index (χ0) is 12.1. The van der Waals surface area contributed by atoms with Gasteiger partial charge in [0.15, 0.2) is 0 Å². The summed E-state index contributed by atoms with van der Waals surface area (Å²) in [6.45, 7) is 2.34. The fourth-order valence-corrected chi connectivity index (χ4v) is 2.01. The van der Waals surface area contributed by atoms with Crippen LogP contribution in [0.15, 0.2) is 48.5 Å². The molecular formula is C16H18O. The highest BCUT2D eigenvalue weighted by molar-refractivity contribution is 5.30. The molecule has 0 aromatic heterocycles. The van der Waals surface area contributed by atoms with E-state index in [0.717, 1.165) is 12.8 Å². The summed E-state index contributed by atoms with van der Waals surface area (Å²) >= 11 is 0. The van der Waals surface area contributed by atoms with E-state index in [1.165, 1.54) is 22.3 Å². The van der Waals surface area contributed by atoms with E-state index in [4.69, 9.17) is 5.11 Å². The van der Waals surface area contributed by atoms with Crippen molar-refractivity contribution in [2.75, 3.05) is 6.61 Å². The summed E-state index contributed by atoms with van der Waals surface area (Å²) in [5, 5.41) is 8.85. The van der Waals surface area contributed by atoms with Crippen LogP contribution in [-0.2, 0) is 12.8 Å². The highest BCUT2D eigenvalue weighted by atomic mass is 16.2. The molecule has 2 rings (SSSR count). The van der Waals surface area contributed by atoms with E-state index >= 15 is 0 Å². The SMILES string of the molecule is Cc1cccc(Cc2ccc(CCO)cc2)c1. The second-order valence-corrected chi connectivity index (χ2v) is 4.46. The van der Waals surface area contributed by atoms with Gasteiger partial charge in [0.05, 0.1) is 0 Å². The van der Waals surface area contributed by atoms with E-state index in [2.05, 4.69) is 55.5 Å². The van der Waals surface area contributed by atoms with Gasteiger partial charge in [-0.2, -0.15) is 0 Å². The van der Waals surface area contributed by atoms with E-state index in [9.17, 15) is 0 Å². The number of hydrogen-bond acceptors (Lipinski definition) is 1. The molecule has 1 heteroatoms. The number of hydrogen-bond donors (Lipinski definition) is 1. The highest BCUT2D eigenvalue weighted by Gasteiger charge is 1.97. The maximum Gasteiger partial charge on any atom is 0.0471 e. The van der Waals surface area contributed by atoms with E-state index in [0.29, 0.717) is 0 Å². The number of rotatable bonds is 4. The highest BCUT2D eigenvalue weighted by Crippen LogP contribution is 2.12. The summed E-state index contributed by atoms with van der Waals surface area (Å²) < 4.78 is 0. The molecule has 0 aliphatic carbocycles. The molecule has 0 aliphatic rings. The van der Waals surface area contributed by atoms with Gasteiger partial charge < -0.3 is 5.11 Å². The maximum absolute atomic E-state index is 8.85. The van der Waals surface area contributed by atoms with Crippen LogP contribution in [0.1, 0.15) is 22.3 Å². The molecule has 0 aliphatic heterocycles. The molecule has 0 heterocycles. The lowest BCUT2D eigenvalue weighted by Crippen LogP contribution is -1.92.